The molecule has 0 atom stereocenters. The number of nitrogen functional groups attached to an aromatic ring is 2. The standard InChI is InChI=1S/C16H18N2O/c1-2-3-11-4-6-12(7-5-11)16(19)14-9-8-13(17)10-15(14)18/h4-10H,2-3,17-18H2,1H3. The zero-order valence-electron chi connectivity index (χ0n) is 11.0. The van der Waals surface area contributed by atoms with Crippen LogP contribution in [0.1, 0.15) is 34.8 Å². The molecule has 3 nitrogen and oxygen atoms in total. The Bertz CT molecular complexity index is 588. The second-order valence-electron chi connectivity index (χ2n) is 4.62. The summed E-state index contributed by atoms with van der Waals surface area (Å²) in [4.78, 5) is 12.3. The van der Waals surface area contributed by atoms with Crippen molar-refractivity contribution in [3.05, 3.63) is 59.2 Å². The van der Waals surface area contributed by atoms with Gasteiger partial charge >= 0.3 is 0 Å². The van der Waals surface area contributed by atoms with Crippen LogP contribution in [-0.2, 0) is 6.42 Å². The number of nitrogens with two attached hydrogens (primary N) is 2. The van der Waals surface area contributed by atoms with Crippen LogP contribution in [0.25, 0.3) is 0 Å². The fourth-order valence-corrected chi connectivity index (χ4v) is 2.05. The van der Waals surface area contributed by atoms with Gasteiger partial charge in [0.1, 0.15) is 0 Å². The van der Waals surface area contributed by atoms with Crippen molar-refractivity contribution in [2.75, 3.05) is 11.5 Å². The molecule has 3 heteroatoms. The molecule has 0 amide bonds. The first-order chi connectivity index (χ1) is 9.11. The average Bonchev–Trinajstić information content (AvgIpc) is 2.39. The maximum atomic E-state index is 12.3. The van der Waals surface area contributed by atoms with Gasteiger partial charge in [0.2, 0.25) is 0 Å². The van der Waals surface area contributed by atoms with Gasteiger partial charge in [0, 0.05) is 22.5 Å². The fourth-order valence-electron chi connectivity index (χ4n) is 2.05. The largest absolute Gasteiger partial charge is 0.399 e. The minimum atomic E-state index is -0.0689. The fraction of sp³-hybridized carbons (Fsp3) is 0.188. The van der Waals surface area contributed by atoms with Crippen LogP contribution in [0.5, 0.6) is 0 Å². The lowest BCUT2D eigenvalue weighted by molar-refractivity contribution is 0.103. The first-order valence-electron chi connectivity index (χ1n) is 6.40. The zero-order chi connectivity index (χ0) is 13.8. The molecule has 0 heterocycles. The second kappa shape index (κ2) is 5.57. The van der Waals surface area contributed by atoms with Crippen LogP contribution in [0.2, 0.25) is 0 Å². The normalized spacial score (nSPS) is 10.4. The molecule has 0 saturated carbocycles. The van der Waals surface area contributed by atoms with E-state index in [0.29, 0.717) is 22.5 Å². The highest BCUT2D eigenvalue weighted by Crippen LogP contribution is 2.20. The molecule has 0 fully saturated rings. The first-order valence-corrected chi connectivity index (χ1v) is 6.40. The van der Waals surface area contributed by atoms with Crippen LogP contribution in [0, 0.1) is 0 Å². The van der Waals surface area contributed by atoms with Gasteiger partial charge in [-0.25, -0.2) is 0 Å². The third-order valence-electron chi connectivity index (χ3n) is 3.08. The van der Waals surface area contributed by atoms with Crippen molar-refractivity contribution in [3.8, 4) is 0 Å². The Balaban J connectivity index is 2.28. The van der Waals surface area contributed by atoms with Crippen molar-refractivity contribution in [3.63, 3.8) is 0 Å². The van der Waals surface area contributed by atoms with Crippen LogP contribution >= 0.6 is 0 Å². The van der Waals surface area contributed by atoms with Crippen LogP contribution in [-0.4, -0.2) is 5.78 Å². The number of aryl methyl sites for hydroxylation is 1. The molecule has 2 aromatic carbocycles. The molecular formula is C16H18N2O. The van der Waals surface area contributed by atoms with E-state index in [9.17, 15) is 4.79 Å². The molecule has 0 radical (unpaired) electrons. The Labute approximate surface area is 113 Å². The van der Waals surface area contributed by atoms with E-state index in [1.54, 1.807) is 18.2 Å². The Morgan fingerprint density at radius 2 is 1.74 bits per heavy atom. The van der Waals surface area contributed by atoms with Gasteiger partial charge in [-0.05, 0) is 30.2 Å². The minimum absolute atomic E-state index is 0.0689. The van der Waals surface area contributed by atoms with Crippen molar-refractivity contribution >= 4 is 17.2 Å². The number of hydrogen-bond donors (Lipinski definition) is 2. The van der Waals surface area contributed by atoms with E-state index in [-0.39, 0.29) is 5.78 Å². The van der Waals surface area contributed by atoms with E-state index in [2.05, 4.69) is 6.92 Å². The summed E-state index contributed by atoms with van der Waals surface area (Å²) in [5.41, 5.74) is 14.8. The summed E-state index contributed by atoms with van der Waals surface area (Å²) >= 11 is 0. The molecular weight excluding hydrogens is 236 g/mol. The lowest BCUT2D eigenvalue weighted by atomic mass is 9.99. The van der Waals surface area contributed by atoms with Gasteiger partial charge < -0.3 is 11.5 Å². The number of ketones is 1. The van der Waals surface area contributed by atoms with Crippen LogP contribution in [0.3, 0.4) is 0 Å². The van der Waals surface area contributed by atoms with E-state index in [1.807, 2.05) is 24.3 Å². The minimum Gasteiger partial charge on any atom is -0.399 e. The lowest BCUT2D eigenvalue weighted by Crippen LogP contribution is -2.06. The van der Waals surface area contributed by atoms with E-state index >= 15 is 0 Å². The molecule has 98 valence electrons. The molecule has 0 aliphatic rings. The number of carbonyl (C=O) groups excluding carboxylic acids is 1. The Kier molecular flexibility index (Phi) is 3.85. The molecule has 0 spiro atoms. The predicted molar refractivity (Wildman–Crippen MR) is 79.1 cm³/mol. The molecule has 4 N–H and O–H groups in total. The number of anilines is 2. The highest BCUT2D eigenvalue weighted by Gasteiger charge is 2.12. The maximum absolute atomic E-state index is 12.3. The topological polar surface area (TPSA) is 69.1 Å². The second-order valence-corrected chi connectivity index (χ2v) is 4.62. The summed E-state index contributed by atoms with van der Waals surface area (Å²) in [6, 6.07) is 12.7. The SMILES string of the molecule is CCCc1ccc(C(=O)c2ccc(N)cc2N)cc1. The van der Waals surface area contributed by atoms with E-state index in [1.165, 1.54) is 5.56 Å². The van der Waals surface area contributed by atoms with E-state index < -0.39 is 0 Å². The van der Waals surface area contributed by atoms with Gasteiger partial charge in [-0.15, -0.1) is 0 Å². The molecule has 0 saturated heterocycles. The van der Waals surface area contributed by atoms with Gasteiger partial charge in [-0.3, -0.25) is 4.79 Å². The van der Waals surface area contributed by atoms with Gasteiger partial charge in [-0.2, -0.15) is 0 Å². The Morgan fingerprint density at radius 3 is 2.32 bits per heavy atom. The van der Waals surface area contributed by atoms with Gasteiger partial charge in [0.25, 0.3) is 0 Å². The summed E-state index contributed by atoms with van der Waals surface area (Å²) < 4.78 is 0. The molecule has 2 rings (SSSR count). The van der Waals surface area contributed by atoms with Crippen molar-refractivity contribution in [2.24, 2.45) is 0 Å². The molecule has 0 aliphatic carbocycles. The van der Waals surface area contributed by atoms with Gasteiger partial charge in [0.05, 0.1) is 0 Å². The molecule has 0 bridgehead atoms. The Hall–Kier alpha value is -2.29. The van der Waals surface area contributed by atoms with Crippen LogP contribution < -0.4 is 11.5 Å². The first kappa shape index (κ1) is 13.1. The number of hydrogen-bond acceptors (Lipinski definition) is 3. The lowest BCUT2D eigenvalue weighted by Gasteiger charge is -2.06. The Morgan fingerprint density at radius 1 is 1.05 bits per heavy atom. The summed E-state index contributed by atoms with van der Waals surface area (Å²) in [5.74, 6) is -0.0689. The van der Waals surface area contributed by atoms with Crippen molar-refractivity contribution < 1.29 is 4.79 Å². The summed E-state index contributed by atoms with van der Waals surface area (Å²) in [6.07, 6.45) is 2.12. The van der Waals surface area contributed by atoms with Gasteiger partial charge in [0.15, 0.2) is 5.78 Å². The quantitative estimate of drug-likeness (QED) is 0.651. The highest BCUT2D eigenvalue weighted by molar-refractivity contribution is 6.12. The number of benzene rings is 2. The zero-order valence-corrected chi connectivity index (χ0v) is 11.0. The molecule has 19 heavy (non-hydrogen) atoms. The van der Waals surface area contributed by atoms with Crippen molar-refractivity contribution in [1.82, 2.24) is 0 Å². The molecule has 0 aromatic heterocycles. The van der Waals surface area contributed by atoms with Crippen LogP contribution in [0.15, 0.2) is 42.5 Å². The van der Waals surface area contributed by atoms with Crippen molar-refractivity contribution in [1.29, 1.82) is 0 Å². The summed E-state index contributed by atoms with van der Waals surface area (Å²) in [6.45, 7) is 2.13. The average molecular weight is 254 g/mol. The van der Waals surface area contributed by atoms with Gasteiger partial charge in [-0.1, -0.05) is 37.6 Å². The van der Waals surface area contributed by atoms with Crippen LogP contribution in [0.4, 0.5) is 11.4 Å². The molecule has 0 unspecified atom stereocenters. The molecule has 2 aromatic rings. The van der Waals surface area contributed by atoms with Crippen molar-refractivity contribution in [2.45, 2.75) is 19.8 Å². The van der Waals surface area contributed by atoms with E-state index in [4.69, 9.17) is 11.5 Å². The predicted octanol–water partition coefficient (Wildman–Crippen LogP) is 3.03. The van der Waals surface area contributed by atoms with E-state index in [0.717, 1.165) is 12.8 Å². The monoisotopic (exact) mass is 254 g/mol. The highest BCUT2D eigenvalue weighted by atomic mass is 16.1. The maximum Gasteiger partial charge on any atom is 0.195 e. The molecule has 0 aliphatic heterocycles. The third-order valence-corrected chi connectivity index (χ3v) is 3.08. The number of carbonyl (C=O) groups is 1. The third kappa shape index (κ3) is 2.94. The number of rotatable bonds is 4. The summed E-state index contributed by atoms with van der Waals surface area (Å²) in [7, 11) is 0. The summed E-state index contributed by atoms with van der Waals surface area (Å²) in [5, 5.41) is 0. The smallest absolute Gasteiger partial charge is 0.195 e.